The third kappa shape index (κ3) is 5.21. The maximum atomic E-state index is 13.4. The zero-order valence-electron chi connectivity index (χ0n) is 20.4. The summed E-state index contributed by atoms with van der Waals surface area (Å²) in [5.74, 6) is -0.828. The minimum atomic E-state index is -4.65. The highest BCUT2D eigenvalue weighted by Gasteiger charge is 2.36. The van der Waals surface area contributed by atoms with E-state index in [0.29, 0.717) is 18.4 Å². The Hall–Kier alpha value is -4.26. The van der Waals surface area contributed by atoms with Gasteiger partial charge in [-0.2, -0.15) is 13.2 Å². The average Bonchev–Trinajstić information content (AvgIpc) is 3.64. The number of halogens is 3. The van der Waals surface area contributed by atoms with Crippen molar-refractivity contribution >= 4 is 15.7 Å². The van der Waals surface area contributed by atoms with E-state index in [0.717, 1.165) is 29.2 Å². The molecule has 5 rings (SSSR count). The molecule has 0 unspecified atom stereocenters. The van der Waals surface area contributed by atoms with Gasteiger partial charge in [0.15, 0.2) is 9.84 Å². The average molecular weight is 559 g/mol. The van der Waals surface area contributed by atoms with Crippen molar-refractivity contribution in [2.45, 2.75) is 42.6 Å². The fraction of sp³-hybridized carbons (Fsp3) is 0.231. The Kier molecular flexibility index (Phi) is 6.62. The number of carbonyl (C=O) groups excluding carboxylic acids is 1. The number of hydrogen-bond donors (Lipinski definition) is 1. The second-order valence-electron chi connectivity index (χ2n) is 9.06. The monoisotopic (exact) mass is 558 g/mol. The Morgan fingerprint density at radius 3 is 2.46 bits per heavy atom. The molecule has 1 amide bonds. The molecule has 0 spiro atoms. The number of benzene rings is 2. The molecule has 0 bridgehead atoms. The summed E-state index contributed by atoms with van der Waals surface area (Å²) in [6, 6.07) is 11.5. The topological polar surface area (TPSA) is 124 Å². The van der Waals surface area contributed by atoms with Crippen LogP contribution in [0.15, 0.2) is 75.1 Å². The van der Waals surface area contributed by atoms with Crippen LogP contribution >= 0.6 is 0 Å². The number of aromatic nitrogens is 3. The lowest BCUT2D eigenvalue weighted by Gasteiger charge is -2.16. The third-order valence-corrected chi connectivity index (χ3v) is 8.66. The Balaban J connectivity index is 1.49. The Labute approximate surface area is 220 Å². The van der Waals surface area contributed by atoms with Crippen LogP contribution in [-0.2, 0) is 22.6 Å². The molecule has 0 atom stereocenters. The van der Waals surface area contributed by atoms with Crippen LogP contribution in [0.4, 0.5) is 13.2 Å². The molecule has 13 heteroatoms. The summed E-state index contributed by atoms with van der Waals surface area (Å²) in [5, 5.41) is 9.68. The molecule has 4 aromatic rings. The molecule has 1 N–H and O–H groups in total. The quantitative estimate of drug-likeness (QED) is 0.363. The van der Waals surface area contributed by atoms with Gasteiger partial charge in [0.05, 0.1) is 21.3 Å². The standard InChI is InChI=1S/C26H21F3N4O5S/c1-15-21(24-32-31-14-38-24)12-22(25(35)33(15)18-4-2-3-17(11-18)26(27,28)29)23(34)30-13-16-5-7-19(8-6-16)39(36,37)20-9-10-20/h2-8,11-12,14,20H,9-10,13H2,1H3,(H,30,34). The summed E-state index contributed by atoms with van der Waals surface area (Å²) < 4.78 is 71.1. The van der Waals surface area contributed by atoms with E-state index < -0.39 is 33.0 Å². The second-order valence-corrected chi connectivity index (χ2v) is 11.3. The van der Waals surface area contributed by atoms with Gasteiger partial charge in [0, 0.05) is 17.9 Å². The molecule has 0 aliphatic heterocycles. The molecule has 0 saturated heterocycles. The minimum Gasteiger partial charge on any atom is -0.423 e. The van der Waals surface area contributed by atoms with Crippen molar-refractivity contribution in [2.24, 2.45) is 0 Å². The minimum absolute atomic E-state index is 0.0324. The van der Waals surface area contributed by atoms with Crippen molar-refractivity contribution in [2.75, 3.05) is 0 Å². The second kappa shape index (κ2) is 9.80. The molecule has 39 heavy (non-hydrogen) atoms. The lowest BCUT2D eigenvalue weighted by atomic mass is 10.1. The van der Waals surface area contributed by atoms with Crippen molar-refractivity contribution in [3.8, 4) is 17.1 Å². The summed E-state index contributed by atoms with van der Waals surface area (Å²) in [5.41, 5.74) is -1.32. The highest BCUT2D eigenvalue weighted by Crippen LogP contribution is 2.34. The van der Waals surface area contributed by atoms with Crippen LogP contribution in [0.2, 0.25) is 0 Å². The van der Waals surface area contributed by atoms with Crippen LogP contribution in [0.1, 0.15) is 40.0 Å². The molecule has 1 aliphatic carbocycles. The molecule has 9 nitrogen and oxygen atoms in total. The first-order chi connectivity index (χ1) is 18.5. The molecule has 1 saturated carbocycles. The number of amides is 1. The van der Waals surface area contributed by atoms with Gasteiger partial charge in [-0.1, -0.05) is 18.2 Å². The van der Waals surface area contributed by atoms with Crippen molar-refractivity contribution in [3.63, 3.8) is 0 Å². The predicted octanol–water partition coefficient (Wildman–Crippen LogP) is 4.08. The van der Waals surface area contributed by atoms with E-state index in [1.54, 1.807) is 12.1 Å². The Morgan fingerprint density at radius 2 is 1.85 bits per heavy atom. The molecular formula is C26H21F3N4O5S. The van der Waals surface area contributed by atoms with Crippen molar-refractivity contribution in [1.82, 2.24) is 20.1 Å². The SMILES string of the molecule is Cc1c(-c2nnco2)cc(C(=O)NCc2ccc(S(=O)(=O)C3CC3)cc2)c(=O)n1-c1cccc(C(F)(F)F)c1. The third-order valence-electron chi connectivity index (χ3n) is 6.38. The first-order valence-electron chi connectivity index (χ1n) is 11.8. The molecule has 2 heterocycles. The molecule has 2 aromatic heterocycles. The number of rotatable bonds is 7. The Bertz CT molecular complexity index is 1710. The zero-order chi connectivity index (χ0) is 27.9. The van der Waals surface area contributed by atoms with E-state index in [9.17, 15) is 31.2 Å². The first-order valence-corrected chi connectivity index (χ1v) is 13.3. The van der Waals surface area contributed by atoms with E-state index in [1.165, 1.54) is 31.2 Å². The van der Waals surface area contributed by atoms with Gasteiger partial charge in [-0.3, -0.25) is 14.2 Å². The number of nitrogens with zero attached hydrogens (tertiary/aromatic N) is 3. The smallest absolute Gasteiger partial charge is 0.416 e. The number of nitrogens with one attached hydrogen (secondary N) is 1. The van der Waals surface area contributed by atoms with Crippen LogP contribution in [0, 0.1) is 6.92 Å². The van der Waals surface area contributed by atoms with Crippen LogP contribution < -0.4 is 10.9 Å². The van der Waals surface area contributed by atoms with Crippen LogP contribution in [-0.4, -0.2) is 34.3 Å². The summed E-state index contributed by atoms with van der Waals surface area (Å²) >= 11 is 0. The summed E-state index contributed by atoms with van der Waals surface area (Å²) in [7, 11) is -3.36. The highest BCUT2D eigenvalue weighted by molar-refractivity contribution is 7.92. The van der Waals surface area contributed by atoms with Gasteiger partial charge >= 0.3 is 6.18 Å². The first kappa shape index (κ1) is 26.4. The molecule has 202 valence electrons. The fourth-order valence-corrected chi connectivity index (χ4v) is 5.81. The van der Waals surface area contributed by atoms with E-state index in [4.69, 9.17) is 4.42 Å². The number of hydrogen-bond acceptors (Lipinski definition) is 7. The predicted molar refractivity (Wildman–Crippen MR) is 133 cm³/mol. The van der Waals surface area contributed by atoms with Crippen molar-refractivity contribution < 1.29 is 30.8 Å². The molecular weight excluding hydrogens is 537 g/mol. The largest absolute Gasteiger partial charge is 0.423 e. The molecule has 1 fully saturated rings. The van der Waals surface area contributed by atoms with Crippen molar-refractivity contribution in [1.29, 1.82) is 0 Å². The van der Waals surface area contributed by atoms with Gasteiger partial charge in [0.1, 0.15) is 5.56 Å². The van der Waals surface area contributed by atoms with E-state index >= 15 is 0 Å². The number of sulfone groups is 1. The number of carbonyl (C=O) groups is 1. The van der Waals surface area contributed by atoms with Gasteiger partial charge < -0.3 is 9.73 Å². The van der Waals surface area contributed by atoms with Gasteiger partial charge in [-0.15, -0.1) is 10.2 Å². The zero-order valence-corrected chi connectivity index (χ0v) is 21.2. The molecule has 1 aliphatic rings. The maximum absolute atomic E-state index is 13.4. The number of alkyl halides is 3. The fourth-order valence-electron chi connectivity index (χ4n) is 4.15. The summed E-state index contributed by atoms with van der Waals surface area (Å²) in [6.45, 7) is 1.45. The highest BCUT2D eigenvalue weighted by atomic mass is 32.2. The van der Waals surface area contributed by atoms with E-state index in [2.05, 4.69) is 15.5 Å². The summed E-state index contributed by atoms with van der Waals surface area (Å²) in [4.78, 5) is 26.8. The molecule has 0 radical (unpaired) electrons. The lowest BCUT2D eigenvalue weighted by Crippen LogP contribution is -2.33. The van der Waals surface area contributed by atoms with E-state index in [-0.39, 0.29) is 45.1 Å². The van der Waals surface area contributed by atoms with Gasteiger partial charge in [0.25, 0.3) is 11.5 Å². The van der Waals surface area contributed by atoms with Gasteiger partial charge in [-0.05, 0) is 61.7 Å². The van der Waals surface area contributed by atoms with Crippen LogP contribution in [0.25, 0.3) is 17.1 Å². The van der Waals surface area contributed by atoms with Crippen molar-refractivity contribution in [3.05, 3.63) is 93.7 Å². The van der Waals surface area contributed by atoms with Gasteiger partial charge in [-0.25, -0.2) is 8.42 Å². The van der Waals surface area contributed by atoms with E-state index in [1.807, 2.05) is 0 Å². The maximum Gasteiger partial charge on any atom is 0.416 e. The summed E-state index contributed by atoms with van der Waals surface area (Å²) in [6.07, 6.45) is -2.33. The Morgan fingerprint density at radius 1 is 1.13 bits per heavy atom. The van der Waals surface area contributed by atoms with Crippen LogP contribution in [0.3, 0.4) is 0 Å². The lowest BCUT2D eigenvalue weighted by molar-refractivity contribution is -0.137. The van der Waals surface area contributed by atoms with Crippen LogP contribution in [0.5, 0.6) is 0 Å². The normalized spacial score (nSPS) is 13.8. The molecule has 2 aromatic carbocycles. The number of pyridine rings is 1. The van der Waals surface area contributed by atoms with Gasteiger partial charge in [0.2, 0.25) is 12.3 Å².